The van der Waals surface area contributed by atoms with Crippen molar-refractivity contribution < 1.29 is 9.32 Å². The van der Waals surface area contributed by atoms with Gasteiger partial charge in [-0.15, -0.1) is 0 Å². The molecule has 2 aromatic heterocycles. The zero-order valence-corrected chi connectivity index (χ0v) is 14.4. The highest BCUT2D eigenvalue weighted by Gasteiger charge is 2.13. The van der Waals surface area contributed by atoms with Crippen molar-refractivity contribution in [3.8, 4) is 11.4 Å². The molecule has 0 fully saturated rings. The van der Waals surface area contributed by atoms with Gasteiger partial charge >= 0.3 is 0 Å². The number of carbonyl (C=O) groups excluding carboxylic acids is 1. The normalized spacial score (nSPS) is 10.8. The first-order valence-electron chi connectivity index (χ1n) is 8.21. The van der Waals surface area contributed by atoms with E-state index in [-0.39, 0.29) is 5.91 Å². The molecule has 0 radical (unpaired) electrons. The van der Waals surface area contributed by atoms with Crippen molar-refractivity contribution in [2.75, 3.05) is 13.6 Å². The molecule has 0 bridgehead atoms. The fourth-order valence-electron chi connectivity index (χ4n) is 2.49. The average Bonchev–Trinajstić information content (AvgIpc) is 3.27. The maximum atomic E-state index is 12.2. The Bertz CT molecular complexity index is 825. The minimum Gasteiger partial charge on any atom is -0.345 e. The number of aromatic nitrogens is 4. The number of carbonyl (C=O) groups is 1. The second kappa shape index (κ2) is 7.74. The van der Waals surface area contributed by atoms with Crippen molar-refractivity contribution >= 4 is 5.91 Å². The summed E-state index contributed by atoms with van der Waals surface area (Å²) < 4.78 is 7.00. The van der Waals surface area contributed by atoms with E-state index in [4.69, 9.17) is 4.52 Å². The van der Waals surface area contributed by atoms with E-state index in [1.807, 2.05) is 56.8 Å². The lowest BCUT2D eigenvalue weighted by molar-refractivity contribution is -0.129. The third-order valence-electron chi connectivity index (χ3n) is 3.97. The monoisotopic (exact) mass is 339 g/mol. The van der Waals surface area contributed by atoms with Gasteiger partial charge in [-0.1, -0.05) is 35.5 Å². The molecule has 0 unspecified atom stereocenters. The Labute approximate surface area is 146 Å². The fraction of sp³-hybridized carbons (Fsp3) is 0.333. The van der Waals surface area contributed by atoms with Gasteiger partial charge in [0.1, 0.15) is 0 Å². The summed E-state index contributed by atoms with van der Waals surface area (Å²) in [5.41, 5.74) is 2.02. The van der Waals surface area contributed by atoms with Gasteiger partial charge in [-0.2, -0.15) is 10.1 Å². The Balaban J connectivity index is 1.48. The van der Waals surface area contributed by atoms with Crippen LogP contribution in [0.3, 0.4) is 0 Å². The maximum Gasteiger partial charge on any atom is 0.227 e. The van der Waals surface area contributed by atoms with Crippen molar-refractivity contribution in [2.45, 2.75) is 19.3 Å². The van der Waals surface area contributed by atoms with Crippen LogP contribution in [0.1, 0.15) is 17.9 Å². The summed E-state index contributed by atoms with van der Waals surface area (Å²) in [6.45, 7) is 0.656. The molecular formula is C18H21N5O2. The van der Waals surface area contributed by atoms with Crippen LogP contribution in [-0.4, -0.2) is 44.3 Å². The van der Waals surface area contributed by atoms with Gasteiger partial charge in [0.15, 0.2) is 0 Å². The number of benzene rings is 1. The Morgan fingerprint density at radius 3 is 2.76 bits per heavy atom. The number of likely N-dealkylation sites (N-methyl/N-ethyl adjacent to an activating group) is 1. The van der Waals surface area contributed by atoms with Gasteiger partial charge in [0, 0.05) is 45.2 Å². The van der Waals surface area contributed by atoms with Gasteiger partial charge in [0.05, 0.1) is 6.20 Å². The molecule has 1 amide bonds. The van der Waals surface area contributed by atoms with Crippen LogP contribution in [-0.2, 0) is 24.7 Å². The number of aryl methyl sites for hydroxylation is 2. The number of rotatable bonds is 7. The van der Waals surface area contributed by atoms with Crippen LogP contribution in [0, 0.1) is 0 Å². The SMILES string of the molecule is CN(CCc1cnn(C)c1)C(=O)CCc1nc(-c2ccccc2)no1. The van der Waals surface area contributed by atoms with E-state index < -0.39 is 0 Å². The molecule has 0 aliphatic heterocycles. The van der Waals surface area contributed by atoms with Gasteiger partial charge in [-0.05, 0) is 12.0 Å². The molecular weight excluding hydrogens is 318 g/mol. The average molecular weight is 339 g/mol. The Hall–Kier alpha value is -2.96. The van der Waals surface area contributed by atoms with Crippen LogP contribution >= 0.6 is 0 Å². The predicted molar refractivity (Wildman–Crippen MR) is 92.6 cm³/mol. The molecule has 0 saturated heterocycles. The molecule has 0 saturated carbocycles. The van der Waals surface area contributed by atoms with Crippen molar-refractivity contribution in [3.05, 3.63) is 54.2 Å². The minimum atomic E-state index is 0.0587. The number of nitrogens with zero attached hydrogens (tertiary/aromatic N) is 5. The molecule has 7 nitrogen and oxygen atoms in total. The van der Waals surface area contributed by atoms with Crippen LogP contribution in [0.15, 0.2) is 47.2 Å². The molecule has 0 atom stereocenters. The van der Waals surface area contributed by atoms with Crippen LogP contribution in [0.2, 0.25) is 0 Å². The van der Waals surface area contributed by atoms with Gasteiger partial charge in [-0.25, -0.2) is 0 Å². The molecule has 7 heteroatoms. The summed E-state index contributed by atoms with van der Waals surface area (Å²) in [6, 6.07) is 9.63. The molecule has 0 N–H and O–H groups in total. The lowest BCUT2D eigenvalue weighted by atomic mass is 10.2. The lowest BCUT2D eigenvalue weighted by Gasteiger charge is -2.16. The van der Waals surface area contributed by atoms with Crippen molar-refractivity contribution in [2.24, 2.45) is 7.05 Å². The van der Waals surface area contributed by atoms with E-state index in [0.717, 1.165) is 17.5 Å². The van der Waals surface area contributed by atoms with E-state index in [2.05, 4.69) is 15.2 Å². The second-order valence-electron chi connectivity index (χ2n) is 5.97. The molecule has 0 aliphatic rings. The predicted octanol–water partition coefficient (Wildman–Crippen LogP) is 2.10. The van der Waals surface area contributed by atoms with Gasteiger partial charge in [-0.3, -0.25) is 9.48 Å². The molecule has 3 rings (SSSR count). The quantitative estimate of drug-likeness (QED) is 0.659. The fourth-order valence-corrected chi connectivity index (χ4v) is 2.49. The topological polar surface area (TPSA) is 77.1 Å². The smallest absolute Gasteiger partial charge is 0.227 e. The van der Waals surface area contributed by atoms with E-state index in [1.165, 1.54) is 0 Å². The molecule has 25 heavy (non-hydrogen) atoms. The van der Waals surface area contributed by atoms with Crippen molar-refractivity contribution in [1.29, 1.82) is 0 Å². The minimum absolute atomic E-state index is 0.0587. The first-order valence-corrected chi connectivity index (χ1v) is 8.21. The third-order valence-corrected chi connectivity index (χ3v) is 3.97. The van der Waals surface area contributed by atoms with Crippen LogP contribution in [0.5, 0.6) is 0 Å². The van der Waals surface area contributed by atoms with Crippen molar-refractivity contribution in [1.82, 2.24) is 24.8 Å². The van der Waals surface area contributed by atoms with E-state index in [9.17, 15) is 4.79 Å². The molecule has 1 aromatic carbocycles. The van der Waals surface area contributed by atoms with Crippen LogP contribution in [0.4, 0.5) is 0 Å². The zero-order chi connectivity index (χ0) is 17.6. The Morgan fingerprint density at radius 2 is 2.04 bits per heavy atom. The molecule has 3 aromatic rings. The zero-order valence-electron chi connectivity index (χ0n) is 14.4. The standard InChI is InChI=1S/C18H21N5O2/c1-22(11-10-14-12-19-23(2)13-14)17(24)9-8-16-20-18(21-25-16)15-6-4-3-5-7-15/h3-7,12-13H,8-11H2,1-2H3. The highest BCUT2D eigenvalue weighted by Crippen LogP contribution is 2.15. The molecule has 0 aliphatic carbocycles. The molecule has 2 heterocycles. The Morgan fingerprint density at radius 1 is 1.24 bits per heavy atom. The van der Waals surface area contributed by atoms with E-state index >= 15 is 0 Å². The summed E-state index contributed by atoms with van der Waals surface area (Å²) in [5, 5.41) is 8.10. The highest BCUT2D eigenvalue weighted by atomic mass is 16.5. The van der Waals surface area contributed by atoms with Gasteiger partial charge in [0.25, 0.3) is 0 Å². The number of hydrogen-bond donors (Lipinski definition) is 0. The summed E-state index contributed by atoms with van der Waals surface area (Å²) in [5.74, 6) is 1.09. The van der Waals surface area contributed by atoms with E-state index in [0.29, 0.717) is 31.1 Å². The lowest BCUT2D eigenvalue weighted by Crippen LogP contribution is -2.29. The number of amides is 1. The van der Waals surface area contributed by atoms with Gasteiger partial charge < -0.3 is 9.42 Å². The number of hydrogen-bond acceptors (Lipinski definition) is 5. The van der Waals surface area contributed by atoms with Crippen molar-refractivity contribution in [3.63, 3.8) is 0 Å². The first kappa shape index (κ1) is 16.9. The molecule has 130 valence electrons. The summed E-state index contributed by atoms with van der Waals surface area (Å²) in [4.78, 5) is 18.3. The molecule has 0 spiro atoms. The summed E-state index contributed by atoms with van der Waals surface area (Å²) in [6.07, 6.45) is 5.36. The van der Waals surface area contributed by atoms with Crippen LogP contribution < -0.4 is 0 Å². The highest BCUT2D eigenvalue weighted by molar-refractivity contribution is 5.76. The third kappa shape index (κ3) is 4.53. The van der Waals surface area contributed by atoms with E-state index in [1.54, 1.807) is 9.58 Å². The largest absolute Gasteiger partial charge is 0.345 e. The maximum absolute atomic E-state index is 12.2. The summed E-state index contributed by atoms with van der Waals surface area (Å²) >= 11 is 0. The van der Waals surface area contributed by atoms with Crippen LogP contribution in [0.25, 0.3) is 11.4 Å². The Kier molecular flexibility index (Phi) is 5.23. The first-order chi connectivity index (χ1) is 12.1. The summed E-state index contributed by atoms with van der Waals surface area (Å²) in [7, 11) is 3.69. The second-order valence-corrected chi connectivity index (χ2v) is 5.97. The van der Waals surface area contributed by atoms with Gasteiger partial charge in [0.2, 0.25) is 17.6 Å².